The summed E-state index contributed by atoms with van der Waals surface area (Å²) >= 11 is 0. The van der Waals surface area contributed by atoms with Crippen molar-refractivity contribution in [3.05, 3.63) is 0 Å². The average Bonchev–Trinajstić information content (AvgIpc) is 1.84. The van der Waals surface area contributed by atoms with Crippen LogP contribution in [0.4, 0.5) is 0 Å². The number of hydrogen-bond acceptors (Lipinski definition) is 1. The van der Waals surface area contributed by atoms with Gasteiger partial charge in [0.2, 0.25) is 0 Å². The third kappa shape index (κ3) is 1.20. The van der Waals surface area contributed by atoms with E-state index in [-0.39, 0.29) is 0 Å². The molecule has 60 valence electrons. The molecular weight excluding hydrogens is 124 g/mol. The van der Waals surface area contributed by atoms with Crippen LogP contribution < -0.4 is 0 Å². The van der Waals surface area contributed by atoms with Gasteiger partial charge in [-0.1, -0.05) is 20.3 Å². The lowest BCUT2D eigenvalue weighted by Gasteiger charge is -2.40. The summed E-state index contributed by atoms with van der Waals surface area (Å²) in [4.78, 5) is 0. The van der Waals surface area contributed by atoms with E-state index in [0.717, 1.165) is 0 Å². The standard InChI is InChI=1S/C9H18O/c1-7-5-4-6-8(2)9(7,3)10/h7-8,10H,4-6H2,1-3H3/t7-,8-/m1/s1. The van der Waals surface area contributed by atoms with Crippen molar-refractivity contribution in [2.75, 3.05) is 0 Å². The van der Waals surface area contributed by atoms with E-state index in [1.807, 2.05) is 6.92 Å². The molecule has 0 unspecified atom stereocenters. The van der Waals surface area contributed by atoms with Crippen molar-refractivity contribution in [3.8, 4) is 0 Å². The molecule has 0 saturated heterocycles. The highest BCUT2D eigenvalue weighted by Gasteiger charge is 2.36. The van der Waals surface area contributed by atoms with Crippen molar-refractivity contribution in [2.24, 2.45) is 11.8 Å². The van der Waals surface area contributed by atoms with Crippen LogP contribution in [0.3, 0.4) is 0 Å². The summed E-state index contributed by atoms with van der Waals surface area (Å²) in [6, 6.07) is 0. The lowest BCUT2D eigenvalue weighted by molar-refractivity contribution is -0.0662. The van der Waals surface area contributed by atoms with Crippen molar-refractivity contribution >= 4 is 0 Å². The molecule has 0 heterocycles. The molecule has 0 radical (unpaired) electrons. The first kappa shape index (κ1) is 8.06. The molecule has 1 heteroatoms. The predicted octanol–water partition coefficient (Wildman–Crippen LogP) is 2.19. The van der Waals surface area contributed by atoms with Gasteiger partial charge in [0.25, 0.3) is 0 Å². The van der Waals surface area contributed by atoms with Crippen LogP contribution in [0.5, 0.6) is 0 Å². The van der Waals surface area contributed by atoms with E-state index >= 15 is 0 Å². The Balaban J connectivity index is 2.63. The molecule has 1 saturated carbocycles. The molecule has 1 aliphatic carbocycles. The van der Waals surface area contributed by atoms with Gasteiger partial charge in [0.1, 0.15) is 0 Å². The number of rotatable bonds is 0. The molecule has 0 amide bonds. The second-order valence-corrected chi connectivity index (χ2v) is 3.96. The maximum absolute atomic E-state index is 9.91. The van der Waals surface area contributed by atoms with Crippen LogP contribution >= 0.6 is 0 Å². The Bertz CT molecular complexity index is 106. The van der Waals surface area contributed by atoms with Gasteiger partial charge in [-0.05, 0) is 31.6 Å². The molecule has 1 rings (SSSR count). The van der Waals surface area contributed by atoms with Gasteiger partial charge in [-0.25, -0.2) is 0 Å². The molecule has 1 fully saturated rings. The van der Waals surface area contributed by atoms with Crippen LogP contribution in [0.15, 0.2) is 0 Å². The van der Waals surface area contributed by atoms with Crippen LogP contribution in [0.25, 0.3) is 0 Å². The highest BCUT2D eigenvalue weighted by atomic mass is 16.3. The van der Waals surface area contributed by atoms with E-state index in [9.17, 15) is 5.11 Å². The van der Waals surface area contributed by atoms with E-state index < -0.39 is 5.60 Å². The van der Waals surface area contributed by atoms with E-state index in [2.05, 4.69) is 13.8 Å². The first-order valence-electron chi connectivity index (χ1n) is 4.27. The summed E-state index contributed by atoms with van der Waals surface area (Å²) in [5.74, 6) is 0.965. The molecular formula is C9H18O. The van der Waals surface area contributed by atoms with Crippen LogP contribution in [0, 0.1) is 11.8 Å². The summed E-state index contributed by atoms with van der Waals surface area (Å²) in [5.41, 5.74) is -0.405. The van der Waals surface area contributed by atoms with Crippen molar-refractivity contribution in [1.82, 2.24) is 0 Å². The minimum atomic E-state index is -0.405. The lowest BCUT2D eigenvalue weighted by atomic mass is 9.71. The monoisotopic (exact) mass is 142 g/mol. The largest absolute Gasteiger partial charge is 0.390 e. The van der Waals surface area contributed by atoms with E-state index in [1.165, 1.54) is 19.3 Å². The Hall–Kier alpha value is -0.0400. The Kier molecular flexibility index (Phi) is 2.04. The van der Waals surface area contributed by atoms with Gasteiger partial charge < -0.3 is 5.11 Å². The summed E-state index contributed by atoms with van der Waals surface area (Å²) in [5, 5.41) is 9.91. The van der Waals surface area contributed by atoms with Gasteiger partial charge in [-0.2, -0.15) is 0 Å². The quantitative estimate of drug-likeness (QED) is 0.549. The Morgan fingerprint density at radius 3 is 1.90 bits per heavy atom. The number of hydrogen-bond donors (Lipinski definition) is 1. The molecule has 1 N–H and O–H groups in total. The fourth-order valence-electron chi connectivity index (χ4n) is 1.80. The van der Waals surface area contributed by atoms with Crippen molar-refractivity contribution in [1.29, 1.82) is 0 Å². The topological polar surface area (TPSA) is 20.2 Å². The minimum Gasteiger partial charge on any atom is -0.390 e. The molecule has 0 aromatic rings. The lowest BCUT2D eigenvalue weighted by Crippen LogP contribution is -2.42. The molecule has 1 nitrogen and oxygen atoms in total. The summed E-state index contributed by atoms with van der Waals surface area (Å²) in [6.45, 7) is 6.27. The fraction of sp³-hybridized carbons (Fsp3) is 1.00. The second-order valence-electron chi connectivity index (χ2n) is 3.96. The molecule has 1 aliphatic rings. The van der Waals surface area contributed by atoms with Gasteiger partial charge in [0, 0.05) is 0 Å². The molecule has 0 spiro atoms. The Morgan fingerprint density at radius 2 is 1.60 bits per heavy atom. The smallest absolute Gasteiger partial charge is 0.0670 e. The van der Waals surface area contributed by atoms with Crippen molar-refractivity contribution in [3.63, 3.8) is 0 Å². The summed E-state index contributed by atoms with van der Waals surface area (Å²) < 4.78 is 0. The SMILES string of the molecule is C[C@@H]1CCC[C@@H](C)C1(C)O. The van der Waals surface area contributed by atoms with Gasteiger partial charge in [-0.15, -0.1) is 0 Å². The average molecular weight is 142 g/mol. The van der Waals surface area contributed by atoms with Crippen LogP contribution in [0.2, 0.25) is 0 Å². The maximum atomic E-state index is 9.91. The van der Waals surface area contributed by atoms with Gasteiger partial charge >= 0.3 is 0 Å². The third-order valence-corrected chi connectivity index (χ3v) is 3.27. The molecule has 0 bridgehead atoms. The van der Waals surface area contributed by atoms with Crippen molar-refractivity contribution < 1.29 is 5.11 Å². The van der Waals surface area contributed by atoms with E-state index in [0.29, 0.717) is 11.8 Å². The molecule has 0 aromatic heterocycles. The predicted molar refractivity (Wildman–Crippen MR) is 42.8 cm³/mol. The highest BCUT2D eigenvalue weighted by molar-refractivity contribution is 4.88. The Morgan fingerprint density at radius 1 is 1.20 bits per heavy atom. The summed E-state index contributed by atoms with van der Waals surface area (Å²) in [6.07, 6.45) is 3.67. The van der Waals surface area contributed by atoms with Crippen molar-refractivity contribution in [2.45, 2.75) is 45.6 Å². The first-order valence-corrected chi connectivity index (χ1v) is 4.27. The highest BCUT2D eigenvalue weighted by Crippen LogP contribution is 2.37. The van der Waals surface area contributed by atoms with Gasteiger partial charge in [0.15, 0.2) is 0 Å². The first-order chi connectivity index (χ1) is 4.55. The molecule has 0 aromatic carbocycles. The fourth-order valence-corrected chi connectivity index (χ4v) is 1.80. The maximum Gasteiger partial charge on any atom is 0.0670 e. The Labute approximate surface area is 63.4 Å². The molecule has 2 atom stereocenters. The zero-order valence-corrected chi connectivity index (χ0v) is 7.22. The molecule has 10 heavy (non-hydrogen) atoms. The van der Waals surface area contributed by atoms with Crippen LogP contribution in [0.1, 0.15) is 40.0 Å². The third-order valence-electron chi connectivity index (χ3n) is 3.27. The number of aliphatic hydroxyl groups is 1. The molecule has 0 aliphatic heterocycles. The second kappa shape index (κ2) is 2.54. The zero-order valence-electron chi connectivity index (χ0n) is 7.22. The van der Waals surface area contributed by atoms with Gasteiger partial charge in [-0.3, -0.25) is 0 Å². The minimum absolute atomic E-state index is 0.405. The van der Waals surface area contributed by atoms with E-state index in [4.69, 9.17) is 0 Å². The van der Waals surface area contributed by atoms with Gasteiger partial charge in [0.05, 0.1) is 5.60 Å². The summed E-state index contributed by atoms with van der Waals surface area (Å²) in [7, 11) is 0. The van der Waals surface area contributed by atoms with Crippen LogP contribution in [-0.2, 0) is 0 Å². The van der Waals surface area contributed by atoms with E-state index in [1.54, 1.807) is 0 Å². The zero-order chi connectivity index (χ0) is 7.78. The normalized spacial score (nSPS) is 39.6. The van der Waals surface area contributed by atoms with Crippen LogP contribution in [-0.4, -0.2) is 10.7 Å².